The van der Waals surface area contributed by atoms with E-state index in [2.05, 4.69) is 9.97 Å². The highest BCUT2D eigenvalue weighted by molar-refractivity contribution is 7.98. The number of carbonyl (C=O) groups is 2. The van der Waals surface area contributed by atoms with Crippen molar-refractivity contribution < 1.29 is 14.7 Å². The Kier molecular flexibility index (Phi) is 5.93. The number of thioether (sulfide) groups is 1. The van der Waals surface area contributed by atoms with E-state index in [1.54, 1.807) is 0 Å². The number of carboxylic acid groups (broad SMARTS) is 1. The molecule has 0 bridgehead atoms. The molecule has 0 saturated heterocycles. The van der Waals surface area contributed by atoms with Gasteiger partial charge in [-0.3, -0.25) is 4.79 Å². The molecule has 0 unspecified atom stereocenters. The van der Waals surface area contributed by atoms with Crippen LogP contribution in [-0.2, 0) is 16.0 Å². The van der Waals surface area contributed by atoms with Gasteiger partial charge in [-0.1, -0.05) is 11.8 Å². The Hall–Kier alpha value is -1.63. The number of carboxylic acids is 1. The van der Waals surface area contributed by atoms with Gasteiger partial charge in [-0.05, 0) is 45.9 Å². The van der Waals surface area contributed by atoms with E-state index < -0.39 is 11.5 Å². The maximum absolute atomic E-state index is 12.2. The molecule has 0 fully saturated rings. The molecule has 22 heavy (non-hydrogen) atoms. The van der Waals surface area contributed by atoms with Gasteiger partial charge in [0.1, 0.15) is 5.54 Å². The van der Waals surface area contributed by atoms with Gasteiger partial charge in [0.2, 0.25) is 5.91 Å². The summed E-state index contributed by atoms with van der Waals surface area (Å²) in [6, 6.07) is 0. The number of aryl methyl sites for hydroxylation is 2. The Morgan fingerprint density at radius 1 is 1.23 bits per heavy atom. The first-order chi connectivity index (χ1) is 10.1. The predicted molar refractivity (Wildman–Crippen MR) is 86.1 cm³/mol. The van der Waals surface area contributed by atoms with E-state index in [0.717, 1.165) is 17.0 Å². The summed E-state index contributed by atoms with van der Waals surface area (Å²) in [5.74, 6) is -1.23. The Morgan fingerprint density at radius 3 is 2.14 bits per heavy atom. The van der Waals surface area contributed by atoms with Crippen LogP contribution in [-0.4, -0.2) is 50.7 Å². The minimum absolute atomic E-state index is 0.208. The average molecular weight is 325 g/mol. The SMILES string of the molecule is CSc1nc(C)c(CCC(=O)N(C)C(C)(C)C(=O)O)c(C)n1. The summed E-state index contributed by atoms with van der Waals surface area (Å²) >= 11 is 1.48. The second-order valence-corrected chi connectivity index (χ2v) is 6.45. The van der Waals surface area contributed by atoms with Gasteiger partial charge in [0, 0.05) is 24.9 Å². The molecule has 0 aromatic carbocycles. The van der Waals surface area contributed by atoms with E-state index in [9.17, 15) is 14.7 Å². The molecule has 1 aromatic heterocycles. The van der Waals surface area contributed by atoms with Crippen molar-refractivity contribution in [1.82, 2.24) is 14.9 Å². The van der Waals surface area contributed by atoms with Crippen LogP contribution in [0.4, 0.5) is 0 Å². The third-order valence-corrected chi connectivity index (χ3v) is 4.46. The fraction of sp³-hybridized carbons (Fsp3) is 0.600. The van der Waals surface area contributed by atoms with Crippen LogP contribution in [0, 0.1) is 13.8 Å². The van der Waals surface area contributed by atoms with Gasteiger partial charge >= 0.3 is 5.97 Å². The molecule has 0 radical (unpaired) electrons. The molecule has 7 heteroatoms. The molecule has 0 aliphatic carbocycles. The highest BCUT2D eigenvalue weighted by atomic mass is 32.2. The van der Waals surface area contributed by atoms with Crippen LogP contribution in [0.25, 0.3) is 0 Å². The number of hydrogen-bond acceptors (Lipinski definition) is 5. The van der Waals surface area contributed by atoms with E-state index in [1.807, 2.05) is 20.1 Å². The molecule has 1 heterocycles. The lowest BCUT2D eigenvalue weighted by atomic mass is 10.0. The summed E-state index contributed by atoms with van der Waals surface area (Å²) in [7, 11) is 1.52. The molecule has 0 saturated carbocycles. The minimum atomic E-state index is -1.22. The quantitative estimate of drug-likeness (QED) is 0.637. The van der Waals surface area contributed by atoms with Crippen molar-refractivity contribution >= 4 is 23.6 Å². The van der Waals surface area contributed by atoms with Crippen LogP contribution >= 0.6 is 11.8 Å². The van der Waals surface area contributed by atoms with E-state index in [0.29, 0.717) is 11.6 Å². The summed E-state index contributed by atoms with van der Waals surface area (Å²) in [6.45, 7) is 6.83. The second-order valence-electron chi connectivity index (χ2n) is 5.68. The Labute approximate surface area is 135 Å². The highest BCUT2D eigenvalue weighted by Crippen LogP contribution is 2.19. The van der Waals surface area contributed by atoms with E-state index >= 15 is 0 Å². The number of aliphatic carboxylic acids is 1. The van der Waals surface area contributed by atoms with Crippen molar-refractivity contribution in [3.05, 3.63) is 17.0 Å². The topological polar surface area (TPSA) is 83.4 Å². The molecule has 122 valence electrons. The number of hydrogen-bond donors (Lipinski definition) is 1. The van der Waals surface area contributed by atoms with Crippen molar-refractivity contribution in [2.45, 2.75) is 51.2 Å². The molecule has 1 N–H and O–H groups in total. The lowest BCUT2D eigenvalue weighted by Gasteiger charge is -2.31. The molecule has 1 rings (SSSR count). The first-order valence-corrected chi connectivity index (χ1v) is 8.21. The van der Waals surface area contributed by atoms with Gasteiger partial charge < -0.3 is 10.0 Å². The van der Waals surface area contributed by atoms with E-state index in [1.165, 1.54) is 37.6 Å². The van der Waals surface area contributed by atoms with Gasteiger partial charge in [0.05, 0.1) is 0 Å². The molecule has 0 atom stereocenters. The molecule has 6 nitrogen and oxygen atoms in total. The van der Waals surface area contributed by atoms with Crippen molar-refractivity contribution in [2.24, 2.45) is 0 Å². The number of nitrogens with zero attached hydrogens (tertiary/aromatic N) is 3. The van der Waals surface area contributed by atoms with Gasteiger partial charge in [-0.25, -0.2) is 14.8 Å². The number of carbonyl (C=O) groups excluding carboxylic acids is 1. The third-order valence-electron chi connectivity index (χ3n) is 3.91. The highest BCUT2D eigenvalue weighted by Gasteiger charge is 2.34. The summed E-state index contributed by atoms with van der Waals surface area (Å²) in [5.41, 5.74) is 1.46. The maximum atomic E-state index is 12.2. The van der Waals surface area contributed by atoms with Crippen molar-refractivity contribution in [3.8, 4) is 0 Å². The lowest BCUT2D eigenvalue weighted by molar-refractivity contribution is -0.155. The third kappa shape index (κ3) is 3.97. The average Bonchev–Trinajstić information content (AvgIpc) is 2.44. The van der Waals surface area contributed by atoms with Gasteiger partial charge in [0.15, 0.2) is 5.16 Å². The second kappa shape index (κ2) is 7.09. The zero-order valence-electron chi connectivity index (χ0n) is 13.9. The Balaban J connectivity index is 2.83. The first kappa shape index (κ1) is 18.4. The molecular formula is C15H23N3O3S. The smallest absolute Gasteiger partial charge is 0.329 e. The molecular weight excluding hydrogens is 302 g/mol. The number of amides is 1. The van der Waals surface area contributed by atoms with Crippen LogP contribution in [0.2, 0.25) is 0 Å². The fourth-order valence-corrected chi connectivity index (χ4v) is 2.47. The monoisotopic (exact) mass is 325 g/mol. The van der Waals surface area contributed by atoms with Crippen molar-refractivity contribution in [2.75, 3.05) is 13.3 Å². The van der Waals surface area contributed by atoms with Crippen LogP contribution in [0.3, 0.4) is 0 Å². The molecule has 0 spiro atoms. The molecule has 1 aromatic rings. The summed E-state index contributed by atoms with van der Waals surface area (Å²) < 4.78 is 0. The van der Waals surface area contributed by atoms with E-state index in [4.69, 9.17) is 0 Å². The van der Waals surface area contributed by atoms with Crippen LogP contribution in [0.5, 0.6) is 0 Å². The standard InChI is InChI=1S/C15H23N3O3S/c1-9-11(10(2)17-14(16-9)22-6)7-8-12(19)18(5)15(3,4)13(20)21/h7-8H2,1-6H3,(H,20,21). The molecule has 0 aliphatic heterocycles. The minimum Gasteiger partial charge on any atom is -0.480 e. The van der Waals surface area contributed by atoms with Crippen LogP contribution < -0.4 is 0 Å². The zero-order valence-corrected chi connectivity index (χ0v) is 14.7. The van der Waals surface area contributed by atoms with Crippen LogP contribution in [0.15, 0.2) is 5.16 Å². The zero-order chi connectivity index (χ0) is 17.1. The number of rotatable bonds is 6. The largest absolute Gasteiger partial charge is 0.480 e. The maximum Gasteiger partial charge on any atom is 0.329 e. The molecule has 0 aliphatic rings. The summed E-state index contributed by atoms with van der Waals surface area (Å²) in [4.78, 5) is 33.5. The summed E-state index contributed by atoms with van der Waals surface area (Å²) in [6.07, 6.45) is 2.66. The fourth-order valence-electron chi connectivity index (χ4n) is 2.02. The number of likely N-dealkylation sites (N-methyl/N-ethyl adjacent to an activating group) is 1. The van der Waals surface area contributed by atoms with Crippen molar-refractivity contribution in [1.29, 1.82) is 0 Å². The van der Waals surface area contributed by atoms with Gasteiger partial charge in [0.25, 0.3) is 0 Å². The normalized spacial score (nSPS) is 11.4. The van der Waals surface area contributed by atoms with E-state index in [-0.39, 0.29) is 12.3 Å². The molecule has 1 amide bonds. The first-order valence-electron chi connectivity index (χ1n) is 6.99. The Morgan fingerprint density at radius 2 is 1.73 bits per heavy atom. The number of aromatic nitrogens is 2. The predicted octanol–water partition coefficient (Wildman–Crippen LogP) is 2.07. The summed E-state index contributed by atoms with van der Waals surface area (Å²) in [5, 5.41) is 9.89. The lowest BCUT2D eigenvalue weighted by Crippen LogP contribution is -2.50. The van der Waals surface area contributed by atoms with Gasteiger partial charge in [-0.2, -0.15) is 0 Å². The van der Waals surface area contributed by atoms with Gasteiger partial charge in [-0.15, -0.1) is 0 Å². The Bertz CT molecular complexity index is 564. The van der Waals surface area contributed by atoms with Crippen LogP contribution in [0.1, 0.15) is 37.2 Å². The van der Waals surface area contributed by atoms with Crippen molar-refractivity contribution in [3.63, 3.8) is 0 Å².